The van der Waals surface area contributed by atoms with Crippen molar-refractivity contribution < 1.29 is 9.21 Å². The van der Waals surface area contributed by atoms with Crippen LogP contribution in [0.3, 0.4) is 0 Å². The zero-order valence-electron chi connectivity index (χ0n) is 11.5. The molecule has 0 aliphatic rings. The molecular weight excluding hydrogens is 252 g/mol. The fraction of sp³-hybridized carbons (Fsp3) is 0.188. The Bertz CT molecular complexity index is 768. The molecule has 0 aliphatic heterocycles. The quantitative estimate of drug-likeness (QED) is 0.789. The monoisotopic (exact) mass is 268 g/mol. The molecule has 2 heterocycles. The van der Waals surface area contributed by atoms with E-state index in [-0.39, 0.29) is 5.91 Å². The van der Waals surface area contributed by atoms with Crippen LogP contribution in [0.25, 0.3) is 11.1 Å². The Morgan fingerprint density at radius 2 is 2.10 bits per heavy atom. The number of hydrogen-bond donors (Lipinski definition) is 1. The molecule has 3 aromatic rings. The molecule has 0 radical (unpaired) electrons. The number of anilines is 1. The van der Waals surface area contributed by atoms with E-state index >= 15 is 0 Å². The minimum Gasteiger partial charge on any atom is -0.463 e. The maximum atomic E-state index is 12.4. The number of aromatic nitrogens is 1. The first-order chi connectivity index (χ1) is 9.70. The van der Waals surface area contributed by atoms with E-state index in [1.54, 1.807) is 12.3 Å². The van der Waals surface area contributed by atoms with Crippen molar-refractivity contribution in [2.75, 3.05) is 5.32 Å². The van der Waals surface area contributed by atoms with Gasteiger partial charge in [0.05, 0.1) is 11.8 Å². The molecule has 0 atom stereocenters. The number of para-hydroxylation sites is 1. The molecule has 1 aromatic carbocycles. The summed E-state index contributed by atoms with van der Waals surface area (Å²) in [4.78, 5) is 12.4. The Balaban J connectivity index is 1.93. The number of fused-ring (bicyclic) bond motifs is 1. The molecule has 0 aliphatic carbocycles. The summed E-state index contributed by atoms with van der Waals surface area (Å²) in [6, 6.07) is 11.5. The van der Waals surface area contributed by atoms with Crippen molar-refractivity contribution in [2.24, 2.45) is 7.05 Å². The highest BCUT2D eigenvalue weighted by Gasteiger charge is 2.15. The van der Waals surface area contributed by atoms with Gasteiger partial charge >= 0.3 is 0 Å². The van der Waals surface area contributed by atoms with Gasteiger partial charge in [-0.3, -0.25) is 4.79 Å². The van der Waals surface area contributed by atoms with E-state index in [0.29, 0.717) is 5.69 Å². The number of furan rings is 1. The molecule has 4 nitrogen and oxygen atoms in total. The third-order valence-electron chi connectivity index (χ3n) is 3.54. The van der Waals surface area contributed by atoms with Crippen molar-refractivity contribution in [3.05, 3.63) is 53.9 Å². The lowest BCUT2D eigenvalue weighted by Gasteiger charge is -2.10. The van der Waals surface area contributed by atoms with Crippen LogP contribution < -0.4 is 5.32 Å². The Labute approximate surface area is 117 Å². The van der Waals surface area contributed by atoms with E-state index in [1.165, 1.54) is 0 Å². The van der Waals surface area contributed by atoms with Crippen LogP contribution in [0.4, 0.5) is 5.69 Å². The molecule has 102 valence electrons. The van der Waals surface area contributed by atoms with E-state index in [2.05, 4.69) is 12.2 Å². The van der Waals surface area contributed by atoms with Gasteiger partial charge in [-0.15, -0.1) is 0 Å². The lowest BCUT2D eigenvalue weighted by atomic mass is 10.1. The normalized spacial score (nSPS) is 10.9. The first-order valence-electron chi connectivity index (χ1n) is 6.63. The van der Waals surface area contributed by atoms with Gasteiger partial charge in [0.1, 0.15) is 5.69 Å². The van der Waals surface area contributed by atoms with Crippen LogP contribution in [-0.4, -0.2) is 10.5 Å². The predicted molar refractivity (Wildman–Crippen MR) is 79.0 cm³/mol. The first-order valence-corrected chi connectivity index (χ1v) is 6.63. The van der Waals surface area contributed by atoms with Crippen LogP contribution in [0.1, 0.15) is 23.0 Å². The van der Waals surface area contributed by atoms with Crippen molar-refractivity contribution in [2.45, 2.75) is 13.3 Å². The van der Waals surface area contributed by atoms with Crippen LogP contribution in [0.5, 0.6) is 0 Å². The maximum absolute atomic E-state index is 12.4. The van der Waals surface area contributed by atoms with Crippen molar-refractivity contribution in [3.63, 3.8) is 0 Å². The molecule has 0 bridgehead atoms. The SMILES string of the molecule is CCc1ccccc1NC(=O)c1cc2occc2n1C. The summed E-state index contributed by atoms with van der Waals surface area (Å²) in [6.07, 6.45) is 2.50. The molecule has 4 heteroatoms. The number of amides is 1. The summed E-state index contributed by atoms with van der Waals surface area (Å²) in [7, 11) is 1.86. The van der Waals surface area contributed by atoms with Crippen LogP contribution in [0.2, 0.25) is 0 Å². The highest BCUT2D eigenvalue weighted by molar-refractivity contribution is 6.06. The van der Waals surface area contributed by atoms with Crippen molar-refractivity contribution in [1.29, 1.82) is 0 Å². The second-order valence-electron chi connectivity index (χ2n) is 4.72. The fourth-order valence-electron chi connectivity index (χ4n) is 2.40. The maximum Gasteiger partial charge on any atom is 0.272 e. The molecule has 1 amide bonds. The molecule has 2 aromatic heterocycles. The van der Waals surface area contributed by atoms with Crippen LogP contribution in [0, 0.1) is 0 Å². The van der Waals surface area contributed by atoms with Gasteiger partial charge in [0, 0.05) is 24.9 Å². The van der Waals surface area contributed by atoms with Crippen LogP contribution in [0.15, 0.2) is 47.1 Å². The first kappa shape index (κ1) is 12.5. The number of aryl methyl sites for hydroxylation is 2. The number of rotatable bonds is 3. The number of carbonyl (C=O) groups excluding carboxylic acids is 1. The smallest absolute Gasteiger partial charge is 0.272 e. The molecule has 1 N–H and O–H groups in total. The van der Waals surface area contributed by atoms with Gasteiger partial charge in [0.2, 0.25) is 0 Å². The number of hydrogen-bond acceptors (Lipinski definition) is 2. The summed E-state index contributed by atoms with van der Waals surface area (Å²) >= 11 is 0. The van der Waals surface area contributed by atoms with Gasteiger partial charge in [0.25, 0.3) is 5.91 Å². The lowest BCUT2D eigenvalue weighted by molar-refractivity contribution is 0.101. The van der Waals surface area contributed by atoms with Crippen molar-refractivity contribution in [3.8, 4) is 0 Å². The fourth-order valence-corrected chi connectivity index (χ4v) is 2.40. The minimum atomic E-state index is -0.125. The van der Waals surface area contributed by atoms with Gasteiger partial charge < -0.3 is 14.3 Å². The molecule has 0 saturated carbocycles. The van der Waals surface area contributed by atoms with Gasteiger partial charge in [-0.2, -0.15) is 0 Å². The molecule has 0 spiro atoms. The van der Waals surface area contributed by atoms with Crippen molar-refractivity contribution >= 4 is 22.7 Å². The van der Waals surface area contributed by atoms with Gasteiger partial charge in [0.15, 0.2) is 5.58 Å². The summed E-state index contributed by atoms with van der Waals surface area (Å²) in [5.74, 6) is -0.125. The Hall–Kier alpha value is -2.49. The lowest BCUT2D eigenvalue weighted by Crippen LogP contribution is -2.16. The summed E-state index contributed by atoms with van der Waals surface area (Å²) in [5, 5.41) is 2.97. The molecule has 3 rings (SSSR count). The molecule has 0 unspecified atom stereocenters. The van der Waals surface area contributed by atoms with E-state index in [1.807, 2.05) is 41.9 Å². The second kappa shape index (κ2) is 4.89. The van der Waals surface area contributed by atoms with Gasteiger partial charge in [-0.1, -0.05) is 25.1 Å². The van der Waals surface area contributed by atoms with Crippen LogP contribution >= 0.6 is 0 Å². The van der Waals surface area contributed by atoms with Gasteiger partial charge in [-0.25, -0.2) is 0 Å². The molecule has 20 heavy (non-hydrogen) atoms. The molecular formula is C16H16N2O2. The second-order valence-corrected chi connectivity index (χ2v) is 4.72. The predicted octanol–water partition coefficient (Wildman–Crippen LogP) is 3.59. The number of nitrogens with zero attached hydrogens (tertiary/aromatic N) is 1. The standard InChI is InChI=1S/C16H16N2O2/c1-3-11-6-4-5-7-12(11)17-16(19)14-10-15-13(18(14)2)8-9-20-15/h4-10H,3H2,1-2H3,(H,17,19). The van der Waals surface area contributed by atoms with Crippen molar-refractivity contribution in [1.82, 2.24) is 4.57 Å². The number of carbonyl (C=O) groups is 1. The summed E-state index contributed by atoms with van der Waals surface area (Å²) < 4.78 is 7.16. The van der Waals surface area contributed by atoms with E-state index < -0.39 is 0 Å². The number of benzene rings is 1. The summed E-state index contributed by atoms with van der Waals surface area (Å²) in [5.41, 5.74) is 4.21. The Kier molecular flexibility index (Phi) is 3.06. The third-order valence-corrected chi connectivity index (χ3v) is 3.54. The third kappa shape index (κ3) is 1.99. The Morgan fingerprint density at radius 3 is 2.85 bits per heavy atom. The van der Waals surface area contributed by atoms with E-state index in [4.69, 9.17) is 4.42 Å². The zero-order valence-corrected chi connectivity index (χ0v) is 11.5. The highest BCUT2D eigenvalue weighted by Crippen LogP contribution is 2.21. The highest BCUT2D eigenvalue weighted by atomic mass is 16.3. The minimum absolute atomic E-state index is 0.125. The van der Waals surface area contributed by atoms with Crippen LogP contribution in [-0.2, 0) is 13.5 Å². The van der Waals surface area contributed by atoms with Gasteiger partial charge in [-0.05, 0) is 18.1 Å². The average Bonchev–Trinajstić information content (AvgIpc) is 3.03. The largest absolute Gasteiger partial charge is 0.463 e. The summed E-state index contributed by atoms with van der Waals surface area (Å²) in [6.45, 7) is 2.07. The topological polar surface area (TPSA) is 47.2 Å². The molecule has 0 fully saturated rings. The number of nitrogens with one attached hydrogen (secondary N) is 1. The average molecular weight is 268 g/mol. The zero-order chi connectivity index (χ0) is 14.1. The Morgan fingerprint density at radius 1 is 1.30 bits per heavy atom. The molecule has 0 saturated heterocycles. The van der Waals surface area contributed by atoms with E-state index in [9.17, 15) is 4.79 Å². The van der Waals surface area contributed by atoms with E-state index in [0.717, 1.165) is 28.8 Å².